The van der Waals surface area contributed by atoms with Gasteiger partial charge in [-0.25, -0.2) is 4.68 Å². The molecule has 1 fully saturated rings. The van der Waals surface area contributed by atoms with Crippen molar-refractivity contribution in [2.24, 2.45) is 5.92 Å². The Bertz CT molecular complexity index is 880. The van der Waals surface area contributed by atoms with Crippen LogP contribution < -0.4 is 0 Å². The maximum Gasteiger partial charge on any atom is 0.227 e. The molecule has 0 bridgehead atoms. The first-order valence-corrected chi connectivity index (χ1v) is 9.01. The monoisotopic (exact) mass is 349 g/mol. The maximum atomic E-state index is 12.5. The molecule has 2 aromatic heterocycles. The summed E-state index contributed by atoms with van der Waals surface area (Å²) >= 11 is 0. The lowest BCUT2D eigenvalue weighted by molar-refractivity contribution is -0.129. The van der Waals surface area contributed by atoms with E-state index in [9.17, 15) is 4.79 Å². The fraction of sp³-hybridized carbons (Fsp3) is 0.333. The van der Waals surface area contributed by atoms with Gasteiger partial charge in [0.05, 0.1) is 18.7 Å². The van der Waals surface area contributed by atoms with Crippen molar-refractivity contribution < 1.29 is 9.21 Å². The summed E-state index contributed by atoms with van der Waals surface area (Å²) in [6.45, 7) is 2.74. The average molecular weight is 349 g/mol. The minimum atomic E-state index is 0.0783. The first kappa shape index (κ1) is 16.6. The molecule has 2 heterocycles. The van der Waals surface area contributed by atoms with Crippen molar-refractivity contribution in [3.63, 3.8) is 0 Å². The van der Waals surface area contributed by atoms with Crippen molar-refractivity contribution in [2.45, 2.75) is 32.2 Å². The zero-order chi connectivity index (χ0) is 18.1. The molecule has 0 unspecified atom stereocenters. The van der Waals surface area contributed by atoms with E-state index in [0.717, 1.165) is 28.7 Å². The van der Waals surface area contributed by atoms with Crippen molar-refractivity contribution >= 4 is 5.91 Å². The number of benzene rings is 1. The number of likely N-dealkylation sites (N-methyl/N-ethyl adjacent to an activating group) is 1. The molecule has 4 rings (SSSR count). The van der Waals surface area contributed by atoms with Gasteiger partial charge in [-0.1, -0.05) is 19.1 Å². The quantitative estimate of drug-likeness (QED) is 0.680. The maximum absolute atomic E-state index is 12.5. The minimum Gasteiger partial charge on any atom is -0.464 e. The standard InChI is InChI=1S/C21H23N3O2/c1-15-12-19(15)20-9-8-18(26-20)14-23(2)21(25)13-16-4-6-17(7-5-16)24-11-3-10-22-24/h3-11,15,19H,12-14H2,1-2H3/t15-,19+/m0/s1. The summed E-state index contributed by atoms with van der Waals surface area (Å²) in [5.74, 6) is 3.28. The van der Waals surface area contributed by atoms with E-state index in [1.54, 1.807) is 15.8 Å². The van der Waals surface area contributed by atoms with Gasteiger partial charge in [0, 0.05) is 25.4 Å². The van der Waals surface area contributed by atoms with Gasteiger partial charge in [-0.2, -0.15) is 5.10 Å². The molecule has 1 aromatic carbocycles. The summed E-state index contributed by atoms with van der Waals surface area (Å²) < 4.78 is 7.70. The second-order valence-electron chi connectivity index (χ2n) is 7.17. The predicted octanol–water partition coefficient (Wildman–Crippen LogP) is 3.79. The number of amides is 1. The van der Waals surface area contributed by atoms with E-state index in [4.69, 9.17) is 4.42 Å². The van der Waals surface area contributed by atoms with Gasteiger partial charge in [0.15, 0.2) is 0 Å². The van der Waals surface area contributed by atoms with E-state index in [2.05, 4.69) is 18.1 Å². The average Bonchev–Trinajstić information content (AvgIpc) is 3.07. The smallest absolute Gasteiger partial charge is 0.227 e. The predicted molar refractivity (Wildman–Crippen MR) is 99.0 cm³/mol. The Hall–Kier alpha value is -2.82. The highest BCUT2D eigenvalue weighted by Gasteiger charge is 2.36. The zero-order valence-corrected chi connectivity index (χ0v) is 15.1. The Balaban J connectivity index is 1.34. The van der Waals surface area contributed by atoms with Crippen molar-refractivity contribution in [1.29, 1.82) is 0 Å². The number of furan rings is 1. The third kappa shape index (κ3) is 3.57. The van der Waals surface area contributed by atoms with Gasteiger partial charge >= 0.3 is 0 Å². The normalized spacial score (nSPS) is 18.7. The Morgan fingerprint density at radius 1 is 1.27 bits per heavy atom. The van der Waals surface area contributed by atoms with Crippen LogP contribution in [0.25, 0.3) is 5.69 Å². The SMILES string of the molecule is C[C@H]1C[C@H]1c1ccc(CN(C)C(=O)Cc2ccc(-n3cccn3)cc2)o1. The third-order valence-electron chi connectivity index (χ3n) is 5.04. The lowest BCUT2D eigenvalue weighted by Gasteiger charge is -2.16. The van der Waals surface area contributed by atoms with Crippen molar-refractivity contribution in [3.8, 4) is 5.69 Å². The summed E-state index contributed by atoms with van der Waals surface area (Å²) in [6, 6.07) is 13.8. The molecule has 0 spiro atoms. The molecule has 5 nitrogen and oxygen atoms in total. The van der Waals surface area contributed by atoms with Crippen LogP contribution in [0, 0.1) is 5.92 Å². The van der Waals surface area contributed by atoms with Gasteiger partial charge in [-0.15, -0.1) is 0 Å². The fourth-order valence-electron chi connectivity index (χ4n) is 3.22. The Morgan fingerprint density at radius 3 is 2.69 bits per heavy atom. The molecule has 26 heavy (non-hydrogen) atoms. The van der Waals surface area contributed by atoms with Crippen LogP contribution in [-0.4, -0.2) is 27.6 Å². The molecule has 134 valence electrons. The second kappa shape index (κ2) is 6.83. The largest absolute Gasteiger partial charge is 0.464 e. The first-order valence-electron chi connectivity index (χ1n) is 9.01. The number of nitrogens with zero attached hydrogens (tertiary/aromatic N) is 3. The van der Waals surface area contributed by atoms with Crippen LogP contribution >= 0.6 is 0 Å². The molecule has 0 radical (unpaired) electrons. The van der Waals surface area contributed by atoms with E-state index in [-0.39, 0.29) is 5.91 Å². The number of hydrogen-bond donors (Lipinski definition) is 0. The molecule has 0 N–H and O–H groups in total. The minimum absolute atomic E-state index is 0.0783. The van der Waals surface area contributed by atoms with E-state index in [0.29, 0.717) is 18.9 Å². The van der Waals surface area contributed by atoms with Crippen LogP contribution in [0.1, 0.15) is 36.3 Å². The van der Waals surface area contributed by atoms with E-state index in [1.807, 2.05) is 49.6 Å². The van der Waals surface area contributed by atoms with Gasteiger partial charge in [-0.3, -0.25) is 4.79 Å². The molecule has 5 heteroatoms. The van der Waals surface area contributed by atoms with Crippen LogP contribution in [0.2, 0.25) is 0 Å². The fourth-order valence-corrected chi connectivity index (χ4v) is 3.22. The lowest BCUT2D eigenvalue weighted by atomic mass is 10.1. The van der Waals surface area contributed by atoms with E-state index in [1.165, 1.54) is 6.42 Å². The Kier molecular flexibility index (Phi) is 4.37. The van der Waals surface area contributed by atoms with Gasteiger partial charge in [0.2, 0.25) is 5.91 Å². The first-order chi connectivity index (χ1) is 12.6. The van der Waals surface area contributed by atoms with E-state index >= 15 is 0 Å². The number of carbonyl (C=O) groups is 1. The molecule has 0 saturated heterocycles. The van der Waals surface area contributed by atoms with Crippen molar-refractivity contribution in [2.75, 3.05) is 7.05 Å². The van der Waals surface area contributed by atoms with Crippen LogP contribution in [0.15, 0.2) is 59.3 Å². The molecular weight excluding hydrogens is 326 g/mol. The molecular formula is C21H23N3O2. The summed E-state index contributed by atoms with van der Waals surface area (Å²) in [6.07, 6.45) is 5.23. The highest BCUT2D eigenvalue weighted by molar-refractivity contribution is 5.78. The second-order valence-corrected chi connectivity index (χ2v) is 7.17. The van der Waals surface area contributed by atoms with Crippen LogP contribution in [-0.2, 0) is 17.8 Å². The molecule has 1 aliphatic carbocycles. The number of aromatic nitrogens is 2. The van der Waals surface area contributed by atoms with Gasteiger partial charge in [-0.05, 0) is 48.2 Å². The lowest BCUT2D eigenvalue weighted by Crippen LogP contribution is -2.27. The summed E-state index contributed by atoms with van der Waals surface area (Å²) in [5.41, 5.74) is 1.97. The van der Waals surface area contributed by atoms with Crippen molar-refractivity contribution in [3.05, 3.63) is 71.9 Å². The molecule has 1 aliphatic rings. The molecule has 1 amide bonds. The van der Waals surface area contributed by atoms with Gasteiger partial charge in [0.1, 0.15) is 11.5 Å². The zero-order valence-electron chi connectivity index (χ0n) is 15.1. The molecule has 3 aromatic rings. The molecule has 2 atom stereocenters. The Morgan fingerprint density at radius 2 is 2.04 bits per heavy atom. The van der Waals surface area contributed by atoms with Crippen molar-refractivity contribution in [1.82, 2.24) is 14.7 Å². The third-order valence-corrected chi connectivity index (χ3v) is 5.04. The van der Waals surface area contributed by atoms with Crippen LogP contribution in [0.3, 0.4) is 0 Å². The summed E-state index contributed by atoms with van der Waals surface area (Å²) in [4.78, 5) is 14.2. The number of carbonyl (C=O) groups excluding carboxylic acids is 1. The van der Waals surface area contributed by atoms with Crippen LogP contribution in [0.4, 0.5) is 0 Å². The number of hydrogen-bond acceptors (Lipinski definition) is 3. The van der Waals surface area contributed by atoms with Crippen LogP contribution in [0.5, 0.6) is 0 Å². The Labute approximate surface area is 153 Å². The molecule has 0 aliphatic heterocycles. The highest BCUT2D eigenvalue weighted by atomic mass is 16.3. The topological polar surface area (TPSA) is 51.3 Å². The van der Waals surface area contributed by atoms with Gasteiger partial charge < -0.3 is 9.32 Å². The number of rotatable bonds is 6. The summed E-state index contributed by atoms with van der Waals surface area (Å²) in [5, 5.41) is 4.21. The molecule has 1 saturated carbocycles. The van der Waals surface area contributed by atoms with Gasteiger partial charge in [0.25, 0.3) is 0 Å². The highest BCUT2D eigenvalue weighted by Crippen LogP contribution is 2.47. The van der Waals surface area contributed by atoms with E-state index < -0.39 is 0 Å². The summed E-state index contributed by atoms with van der Waals surface area (Å²) in [7, 11) is 1.82.